The lowest BCUT2D eigenvalue weighted by molar-refractivity contribution is -0.137. The SMILES string of the molecule is CC(=O)Nc1cc([C@]2(C)CCC(=O)NC2=O)ccn1. The summed E-state index contributed by atoms with van der Waals surface area (Å²) in [6.07, 6.45) is 2.29. The molecule has 1 atom stereocenters. The second-order valence-corrected chi connectivity index (χ2v) is 4.82. The molecule has 0 unspecified atom stereocenters. The second-order valence-electron chi connectivity index (χ2n) is 4.82. The average molecular weight is 261 g/mol. The lowest BCUT2D eigenvalue weighted by Crippen LogP contribution is -2.49. The zero-order valence-electron chi connectivity index (χ0n) is 10.8. The summed E-state index contributed by atoms with van der Waals surface area (Å²) in [4.78, 5) is 38.3. The predicted molar refractivity (Wildman–Crippen MR) is 68.3 cm³/mol. The maximum atomic E-state index is 12.0. The molecule has 19 heavy (non-hydrogen) atoms. The van der Waals surface area contributed by atoms with Crippen LogP contribution in [0, 0.1) is 0 Å². The Bertz CT molecular complexity index is 556. The third-order valence-electron chi connectivity index (χ3n) is 3.31. The highest BCUT2D eigenvalue weighted by atomic mass is 16.2. The minimum Gasteiger partial charge on any atom is -0.311 e. The van der Waals surface area contributed by atoms with Gasteiger partial charge in [0.1, 0.15) is 5.82 Å². The van der Waals surface area contributed by atoms with Gasteiger partial charge in [0.05, 0.1) is 5.41 Å². The van der Waals surface area contributed by atoms with E-state index in [0.717, 1.165) is 5.56 Å². The highest BCUT2D eigenvalue weighted by Gasteiger charge is 2.40. The van der Waals surface area contributed by atoms with Gasteiger partial charge in [-0.15, -0.1) is 0 Å². The van der Waals surface area contributed by atoms with Gasteiger partial charge in [-0.3, -0.25) is 19.7 Å². The summed E-state index contributed by atoms with van der Waals surface area (Å²) in [7, 11) is 0. The topological polar surface area (TPSA) is 88.2 Å². The van der Waals surface area contributed by atoms with E-state index in [0.29, 0.717) is 18.7 Å². The number of amides is 3. The van der Waals surface area contributed by atoms with Crippen molar-refractivity contribution in [3.63, 3.8) is 0 Å². The normalized spacial score (nSPS) is 22.8. The highest BCUT2D eigenvalue weighted by molar-refractivity contribution is 6.03. The largest absolute Gasteiger partial charge is 0.311 e. The number of rotatable bonds is 2. The zero-order chi connectivity index (χ0) is 14.0. The van der Waals surface area contributed by atoms with Crippen molar-refractivity contribution in [1.29, 1.82) is 0 Å². The summed E-state index contributed by atoms with van der Waals surface area (Å²) in [6, 6.07) is 3.39. The number of imide groups is 1. The van der Waals surface area contributed by atoms with Crippen molar-refractivity contribution >= 4 is 23.5 Å². The van der Waals surface area contributed by atoms with E-state index in [2.05, 4.69) is 15.6 Å². The molecule has 0 radical (unpaired) electrons. The molecule has 6 heteroatoms. The third-order valence-corrected chi connectivity index (χ3v) is 3.31. The summed E-state index contributed by atoms with van der Waals surface area (Å²) >= 11 is 0. The Labute approximate surface area is 110 Å². The average Bonchev–Trinajstić information content (AvgIpc) is 2.34. The Morgan fingerprint density at radius 1 is 1.47 bits per heavy atom. The summed E-state index contributed by atoms with van der Waals surface area (Å²) in [6.45, 7) is 3.17. The fourth-order valence-corrected chi connectivity index (χ4v) is 2.10. The molecule has 100 valence electrons. The van der Waals surface area contributed by atoms with Crippen molar-refractivity contribution in [2.24, 2.45) is 0 Å². The van der Waals surface area contributed by atoms with Gasteiger partial charge in [-0.1, -0.05) is 0 Å². The van der Waals surface area contributed by atoms with Crippen LogP contribution in [0.3, 0.4) is 0 Å². The molecule has 1 aromatic heterocycles. The van der Waals surface area contributed by atoms with E-state index in [9.17, 15) is 14.4 Å². The fourth-order valence-electron chi connectivity index (χ4n) is 2.10. The van der Waals surface area contributed by atoms with Crippen LogP contribution in [0.4, 0.5) is 5.82 Å². The monoisotopic (exact) mass is 261 g/mol. The van der Waals surface area contributed by atoms with Crippen molar-refractivity contribution < 1.29 is 14.4 Å². The Hall–Kier alpha value is -2.24. The number of carbonyl (C=O) groups excluding carboxylic acids is 3. The maximum absolute atomic E-state index is 12.0. The van der Waals surface area contributed by atoms with E-state index >= 15 is 0 Å². The van der Waals surface area contributed by atoms with E-state index < -0.39 is 5.41 Å². The number of carbonyl (C=O) groups is 3. The number of nitrogens with zero attached hydrogens (tertiary/aromatic N) is 1. The fraction of sp³-hybridized carbons (Fsp3) is 0.385. The zero-order valence-corrected chi connectivity index (χ0v) is 10.8. The standard InChI is InChI=1S/C13H15N3O3/c1-8(17)15-10-7-9(4-6-14-10)13(2)5-3-11(18)16-12(13)19/h4,6-7H,3,5H2,1-2H3,(H,14,15,17)(H,16,18,19)/t13-/m0/s1. The molecule has 3 amide bonds. The van der Waals surface area contributed by atoms with Gasteiger partial charge in [0, 0.05) is 19.5 Å². The molecule has 1 fully saturated rings. The first-order valence-corrected chi connectivity index (χ1v) is 6.00. The molecular formula is C13H15N3O3. The lowest BCUT2D eigenvalue weighted by atomic mass is 9.76. The summed E-state index contributed by atoms with van der Waals surface area (Å²) in [5.74, 6) is -0.392. The van der Waals surface area contributed by atoms with Gasteiger partial charge in [-0.25, -0.2) is 4.98 Å². The van der Waals surface area contributed by atoms with Gasteiger partial charge in [0.15, 0.2) is 0 Å². The van der Waals surface area contributed by atoms with E-state index in [1.807, 2.05) is 0 Å². The van der Waals surface area contributed by atoms with Crippen LogP contribution in [0.1, 0.15) is 32.3 Å². The molecular weight excluding hydrogens is 246 g/mol. The molecule has 0 saturated carbocycles. The van der Waals surface area contributed by atoms with Crippen LogP contribution >= 0.6 is 0 Å². The first kappa shape index (κ1) is 13.2. The van der Waals surface area contributed by atoms with E-state index in [4.69, 9.17) is 0 Å². The molecule has 1 aromatic rings. The van der Waals surface area contributed by atoms with Crippen LogP contribution in [-0.2, 0) is 19.8 Å². The van der Waals surface area contributed by atoms with Gasteiger partial charge in [-0.2, -0.15) is 0 Å². The van der Waals surface area contributed by atoms with Crippen molar-refractivity contribution in [1.82, 2.24) is 10.3 Å². The number of hydrogen-bond acceptors (Lipinski definition) is 4. The van der Waals surface area contributed by atoms with Crippen molar-refractivity contribution in [2.75, 3.05) is 5.32 Å². The molecule has 6 nitrogen and oxygen atoms in total. The number of nitrogens with one attached hydrogen (secondary N) is 2. The molecule has 0 bridgehead atoms. The molecule has 0 spiro atoms. The molecule has 2 N–H and O–H groups in total. The Morgan fingerprint density at radius 2 is 2.21 bits per heavy atom. The van der Waals surface area contributed by atoms with Gasteiger partial charge in [0.2, 0.25) is 17.7 Å². The molecule has 2 heterocycles. The van der Waals surface area contributed by atoms with Crippen LogP contribution in [0.15, 0.2) is 18.3 Å². The number of piperidine rings is 1. The van der Waals surface area contributed by atoms with Gasteiger partial charge < -0.3 is 5.32 Å². The van der Waals surface area contributed by atoms with E-state index in [1.54, 1.807) is 19.1 Å². The maximum Gasteiger partial charge on any atom is 0.236 e. The second kappa shape index (κ2) is 4.79. The molecule has 0 aromatic carbocycles. The molecule has 0 aliphatic carbocycles. The quantitative estimate of drug-likeness (QED) is 0.768. The van der Waals surface area contributed by atoms with Gasteiger partial charge >= 0.3 is 0 Å². The minimum absolute atomic E-state index is 0.224. The summed E-state index contributed by atoms with van der Waals surface area (Å²) < 4.78 is 0. The number of pyridine rings is 1. The number of anilines is 1. The lowest BCUT2D eigenvalue weighted by Gasteiger charge is -2.32. The number of hydrogen-bond donors (Lipinski definition) is 2. The van der Waals surface area contributed by atoms with Crippen LogP contribution in [0.2, 0.25) is 0 Å². The first-order valence-electron chi connectivity index (χ1n) is 6.00. The molecule has 2 rings (SSSR count). The van der Waals surface area contributed by atoms with Gasteiger partial charge in [0.25, 0.3) is 0 Å². The van der Waals surface area contributed by atoms with Crippen LogP contribution in [0.25, 0.3) is 0 Å². The van der Waals surface area contributed by atoms with E-state index in [-0.39, 0.29) is 17.7 Å². The Kier molecular flexibility index (Phi) is 3.33. The Morgan fingerprint density at radius 3 is 2.84 bits per heavy atom. The van der Waals surface area contributed by atoms with Crippen LogP contribution < -0.4 is 10.6 Å². The summed E-state index contributed by atoms with van der Waals surface area (Å²) in [5, 5.41) is 4.92. The first-order chi connectivity index (χ1) is 8.91. The summed E-state index contributed by atoms with van der Waals surface area (Å²) in [5.41, 5.74) is -0.0411. The van der Waals surface area contributed by atoms with Crippen LogP contribution in [0.5, 0.6) is 0 Å². The van der Waals surface area contributed by atoms with Crippen molar-refractivity contribution in [2.45, 2.75) is 32.1 Å². The smallest absolute Gasteiger partial charge is 0.236 e. The van der Waals surface area contributed by atoms with E-state index in [1.165, 1.54) is 13.1 Å². The predicted octanol–water partition coefficient (Wildman–Crippen LogP) is 0.734. The Balaban J connectivity index is 2.32. The van der Waals surface area contributed by atoms with Crippen molar-refractivity contribution in [3.05, 3.63) is 23.9 Å². The highest BCUT2D eigenvalue weighted by Crippen LogP contribution is 2.32. The van der Waals surface area contributed by atoms with Crippen LogP contribution in [-0.4, -0.2) is 22.7 Å². The third kappa shape index (κ3) is 2.62. The number of aromatic nitrogens is 1. The minimum atomic E-state index is -0.774. The van der Waals surface area contributed by atoms with Gasteiger partial charge in [-0.05, 0) is 31.0 Å². The molecule has 1 aliphatic rings. The van der Waals surface area contributed by atoms with Crippen molar-refractivity contribution in [3.8, 4) is 0 Å². The molecule has 1 aliphatic heterocycles. The molecule has 1 saturated heterocycles.